The van der Waals surface area contributed by atoms with Gasteiger partial charge in [0.25, 0.3) is 15.9 Å². The molecule has 0 heterocycles. The van der Waals surface area contributed by atoms with Crippen LogP contribution in [0.1, 0.15) is 29.7 Å². The van der Waals surface area contributed by atoms with Crippen LogP contribution in [0.5, 0.6) is 5.75 Å². The van der Waals surface area contributed by atoms with E-state index in [9.17, 15) is 13.2 Å². The Morgan fingerprint density at radius 3 is 2.24 bits per heavy atom. The predicted molar refractivity (Wildman–Crippen MR) is 133 cm³/mol. The van der Waals surface area contributed by atoms with Crippen molar-refractivity contribution in [1.82, 2.24) is 5.32 Å². The van der Waals surface area contributed by atoms with Crippen LogP contribution in [0.3, 0.4) is 0 Å². The van der Waals surface area contributed by atoms with Crippen LogP contribution >= 0.6 is 11.8 Å². The molecule has 0 spiro atoms. The van der Waals surface area contributed by atoms with Gasteiger partial charge in [0.1, 0.15) is 5.75 Å². The molecular weight excluding hydrogens is 456 g/mol. The first-order valence-electron chi connectivity index (χ1n) is 10.4. The van der Waals surface area contributed by atoms with E-state index in [1.165, 1.54) is 24.3 Å². The summed E-state index contributed by atoms with van der Waals surface area (Å²) in [6.45, 7) is 5.64. The second-order valence-corrected chi connectivity index (χ2v) is 10.3. The molecule has 0 bridgehead atoms. The summed E-state index contributed by atoms with van der Waals surface area (Å²) in [5.41, 5.74) is 3.61. The van der Waals surface area contributed by atoms with E-state index >= 15 is 0 Å². The van der Waals surface area contributed by atoms with Crippen molar-refractivity contribution >= 4 is 33.4 Å². The van der Waals surface area contributed by atoms with Crippen LogP contribution in [0.2, 0.25) is 0 Å². The third-order valence-corrected chi connectivity index (χ3v) is 7.40. The summed E-state index contributed by atoms with van der Waals surface area (Å²) in [6, 6.07) is 19.2. The van der Waals surface area contributed by atoms with E-state index in [1.54, 1.807) is 23.9 Å². The predicted octanol–water partition coefficient (Wildman–Crippen LogP) is 5.08. The van der Waals surface area contributed by atoms with Gasteiger partial charge in [-0.3, -0.25) is 9.52 Å². The molecule has 2 N–H and O–H groups in total. The van der Waals surface area contributed by atoms with E-state index in [0.717, 1.165) is 21.6 Å². The van der Waals surface area contributed by atoms with Crippen molar-refractivity contribution in [2.45, 2.75) is 36.6 Å². The molecule has 174 valence electrons. The van der Waals surface area contributed by atoms with Crippen molar-refractivity contribution in [2.24, 2.45) is 0 Å². The van der Waals surface area contributed by atoms with E-state index in [0.29, 0.717) is 11.4 Å². The topological polar surface area (TPSA) is 84.5 Å². The number of thioether (sulfide) groups is 1. The van der Waals surface area contributed by atoms with Gasteiger partial charge >= 0.3 is 0 Å². The van der Waals surface area contributed by atoms with Gasteiger partial charge in [0.15, 0.2) is 6.61 Å². The Balaban J connectivity index is 1.55. The van der Waals surface area contributed by atoms with Crippen molar-refractivity contribution in [1.29, 1.82) is 0 Å². The average molecular weight is 485 g/mol. The van der Waals surface area contributed by atoms with Crippen LogP contribution in [0.25, 0.3) is 0 Å². The highest BCUT2D eigenvalue weighted by atomic mass is 32.2. The maximum Gasteiger partial charge on any atom is 0.261 e. The smallest absolute Gasteiger partial charge is 0.261 e. The van der Waals surface area contributed by atoms with Crippen molar-refractivity contribution in [3.63, 3.8) is 0 Å². The molecule has 33 heavy (non-hydrogen) atoms. The first-order chi connectivity index (χ1) is 15.7. The molecule has 3 aromatic carbocycles. The summed E-state index contributed by atoms with van der Waals surface area (Å²) < 4.78 is 33.4. The third-order valence-electron chi connectivity index (χ3n) is 5.26. The molecule has 0 radical (unpaired) electrons. The maximum absolute atomic E-state index is 12.7. The Morgan fingerprint density at radius 1 is 0.970 bits per heavy atom. The molecule has 1 atom stereocenters. The molecule has 0 aliphatic rings. The molecule has 0 unspecified atom stereocenters. The van der Waals surface area contributed by atoms with Crippen molar-refractivity contribution in [3.8, 4) is 5.75 Å². The minimum Gasteiger partial charge on any atom is -0.484 e. The first kappa shape index (κ1) is 24.7. The molecule has 0 aliphatic heterocycles. The van der Waals surface area contributed by atoms with E-state index in [2.05, 4.69) is 10.0 Å². The number of carbonyl (C=O) groups excluding carboxylic acids is 1. The lowest BCUT2D eigenvalue weighted by molar-refractivity contribution is -0.123. The molecule has 1 amide bonds. The Bertz CT molecular complexity index is 1210. The first-order valence-corrected chi connectivity index (χ1v) is 13.1. The Kier molecular flexibility index (Phi) is 8.05. The zero-order valence-electron chi connectivity index (χ0n) is 19.1. The van der Waals surface area contributed by atoms with Crippen LogP contribution in [0.4, 0.5) is 5.69 Å². The number of benzene rings is 3. The van der Waals surface area contributed by atoms with E-state index in [-0.39, 0.29) is 23.5 Å². The lowest BCUT2D eigenvalue weighted by atomic mass is 10.1. The van der Waals surface area contributed by atoms with Gasteiger partial charge in [0.05, 0.1) is 10.9 Å². The average Bonchev–Trinajstić information content (AvgIpc) is 2.80. The summed E-state index contributed by atoms with van der Waals surface area (Å²) in [5, 5.41) is 2.90. The quantitative estimate of drug-likeness (QED) is 0.414. The Hall–Kier alpha value is -2.97. The van der Waals surface area contributed by atoms with Gasteiger partial charge < -0.3 is 10.1 Å². The molecule has 3 aromatic rings. The van der Waals surface area contributed by atoms with Gasteiger partial charge in [-0.1, -0.05) is 18.2 Å². The van der Waals surface area contributed by atoms with Crippen molar-refractivity contribution < 1.29 is 17.9 Å². The molecule has 0 saturated heterocycles. The largest absolute Gasteiger partial charge is 0.484 e. The van der Waals surface area contributed by atoms with Crippen LogP contribution in [-0.4, -0.2) is 27.2 Å². The summed E-state index contributed by atoms with van der Waals surface area (Å²) >= 11 is 1.66. The molecule has 3 rings (SSSR count). The highest BCUT2D eigenvalue weighted by Crippen LogP contribution is 2.22. The summed E-state index contributed by atoms with van der Waals surface area (Å²) in [7, 11) is -3.73. The minimum absolute atomic E-state index is 0.111. The standard InChI is InChI=1S/C25H28N2O4S2/c1-17-5-8-21(15-18(17)2)27-33(29,30)24-13-9-22(10-14-24)31-16-25(28)26-19(3)20-6-11-23(32-4)12-7-20/h5-15,19,27H,16H2,1-4H3,(H,26,28)/t19-/m0/s1. The van der Waals surface area contributed by atoms with Crippen LogP contribution in [-0.2, 0) is 14.8 Å². The zero-order chi connectivity index (χ0) is 24.0. The summed E-state index contributed by atoms with van der Waals surface area (Å²) in [5.74, 6) is 0.150. The fourth-order valence-electron chi connectivity index (χ4n) is 3.14. The van der Waals surface area contributed by atoms with Crippen LogP contribution in [0, 0.1) is 13.8 Å². The van der Waals surface area contributed by atoms with Crippen molar-refractivity contribution in [3.05, 3.63) is 83.4 Å². The fourth-order valence-corrected chi connectivity index (χ4v) is 4.60. The van der Waals surface area contributed by atoms with Gasteiger partial charge in [-0.25, -0.2) is 8.42 Å². The Morgan fingerprint density at radius 2 is 1.64 bits per heavy atom. The molecule has 0 fully saturated rings. The van der Waals surface area contributed by atoms with Gasteiger partial charge in [-0.2, -0.15) is 0 Å². The fraction of sp³-hybridized carbons (Fsp3) is 0.240. The number of nitrogens with one attached hydrogen (secondary N) is 2. The number of anilines is 1. The highest BCUT2D eigenvalue weighted by Gasteiger charge is 2.15. The molecule has 6 nitrogen and oxygen atoms in total. The van der Waals surface area contributed by atoms with Crippen LogP contribution in [0.15, 0.2) is 76.5 Å². The molecule has 0 aromatic heterocycles. The number of hydrogen-bond acceptors (Lipinski definition) is 5. The third kappa shape index (κ3) is 6.76. The summed E-state index contributed by atoms with van der Waals surface area (Å²) in [6.07, 6.45) is 2.01. The van der Waals surface area contributed by atoms with Gasteiger partial charge in [-0.05, 0) is 92.2 Å². The second-order valence-electron chi connectivity index (χ2n) is 7.73. The number of amides is 1. The second kappa shape index (κ2) is 10.8. The number of rotatable bonds is 9. The highest BCUT2D eigenvalue weighted by molar-refractivity contribution is 7.98. The van der Waals surface area contributed by atoms with E-state index in [4.69, 9.17) is 4.74 Å². The lowest BCUT2D eigenvalue weighted by Gasteiger charge is -2.15. The normalized spacial score (nSPS) is 12.1. The number of carbonyl (C=O) groups is 1. The van der Waals surface area contributed by atoms with Gasteiger partial charge in [-0.15, -0.1) is 11.8 Å². The number of ether oxygens (including phenoxy) is 1. The molecule has 0 aliphatic carbocycles. The molecule has 0 saturated carbocycles. The van der Waals surface area contributed by atoms with E-state index in [1.807, 2.05) is 57.4 Å². The Labute approximate surface area is 199 Å². The molecular formula is C25H28N2O4S2. The minimum atomic E-state index is -3.73. The number of sulfonamides is 1. The van der Waals surface area contributed by atoms with Crippen molar-refractivity contribution in [2.75, 3.05) is 17.6 Å². The maximum atomic E-state index is 12.7. The number of aryl methyl sites for hydroxylation is 2. The van der Waals surface area contributed by atoms with Crippen LogP contribution < -0.4 is 14.8 Å². The SMILES string of the molecule is CSc1ccc([C@H](C)NC(=O)COc2ccc(S(=O)(=O)Nc3ccc(C)c(C)c3)cc2)cc1. The van der Waals surface area contributed by atoms with E-state index < -0.39 is 10.0 Å². The summed E-state index contributed by atoms with van der Waals surface area (Å²) in [4.78, 5) is 13.5. The number of hydrogen-bond donors (Lipinski definition) is 2. The van der Waals surface area contributed by atoms with Gasteiger partial charge in [0.2, 0.25) is 0 Å². The zero-order valence-corrected chi connectivity index (χ0v) is 20.7. The lowest BCUT2D eigenvalue weighted by Crippen LogP contribution is -2.31. The molecule has 8 heteroatoms. The van der Waals surface area contributed by atoms with Gasteiger partial charge in [0, 0.05) is 10.6 Å². The monoisotopic (exact) mass is 484 g/mol.